The summed E-state index contributed by atoms with van der Waals surface area (Å²) < 4.78 is 0. The second kappa shape index (κ2) is 7.11. The van der Waals surface area contributed by atoms with Gasteiger partial charge in [-0.2, -0.15) is 0 Å². The van der Waals surface area contributed by atoms with E-state index in [1.165, 1.54) is 0 Å². The van der Waals surface area contributed by atoms with Crippen molar-refractivity contribution < 1.29 is 9.59 Å². The largest absolute Gasteiger partial charge is 0.350 e. The van der Waals surface area contributed by atoms with E-state index in [1.54, 1.807) is 4.90 Å². The molecule has 1 unspecified atom stereocenters. The van der Waals surface area contributed by atoms with Crippen molar-refractivity contribution in [2.75, 3.05) is 18.0 Å². The van der Waals surface area contributed by atoms with Gasteiger partial charge < -0.3 is 16.0 Å². The minimum Gasteiger partial charge on any atom is -0.350 e. The molecule has 5 nitrogen and oxygen atoms in total. The lowest BCUT2D eigenvalue weighted by Crippen LogP contribution is -2.51. The molecular weight excluding hydrogens is 302 g/mol. The van der Waals surface area contributed by atoms with Gasteiger partial charge in [0, 0.05) is 30.7 Å². The normalized spacial score (nSPS) is 18.1. The van der Waals surface area contributed by atoms with Crippen molar-refractivity contribution >= 4 is 29.9 Å². The average molecular weight is 326 g/mol. The van der Waals surface area contributed by atoms with Gasteiger partial charge in [0.05, 0.1) is 5.92 Å². The number of hydrogen-bond acceptors (Lipinski definition) is 3. The molecule has 1 atom stereocenters. The molecule has 1 saturated heterocycles. The number of nitrogens with two attached hydrogens (primary N) is 1. The van der Waals surface area contributed by atoms with Crippen LogP contribution in [0.3, 0.4) is 0 Å². The molecule has 1 aliphatic rings. The molecule has 6 heteroatoms. The van der Waals surface area contributed by atoms with Gasteiger partial charge in [0.2, 0.25) is 11.8 Å². The van der Waals surface area contributed by atoms with Gasteiger partial charge >= 0.3 is 0 Å². The molecule has 1 heterocycles. The Bertz CT molecular complexity index is 543. The minimum absolute atomic E-state index is 0. The Labute approximate surface area is 137 Å². The van der Waals surface area contributed by atoms with Crippen LogP contribution in [-0.4, -0.2) is 30.4 Å². The third-order valence-corrected chi connectivity index (χ3v) is 3.81. The van der Waals surface area contributed by atoms with E-state index in [4.69, 9.17) is 5.73 Å². The lowest BCUT2D eigenvalue weighted by Gasteiger charge is -2.26. The van der Waals surface area contributed by atoms with Crippen molar-refractivity contribution in [3.05, 3.63) is 29.8 Å². The van der Waals surface area contributed by atoms with Crippen molar-refractivity contribution in [1.82, 2.24) is 5.32 Å². The Morgan fingerprint density at radius 2 is 1.95 bits per heavy atom. The molecule has 22 heavy (non-hydrogen) atoms. The van der Waals surface area contributed by atoms with E-state index in [0.717, 1.165) is 11.3 Å². The average Bonchev–Trinajstić information content (AvgIpc) is 2.81. The van der Waals surface area contributed by atoms with Crippen LogP contribution in [0.15, 0.2) is 24.3 Å². The van der Waals surface area contributed by atoms with Crippen molar-refractivity contribution in [2.45, 2.75) is 32.7 Å². The summed E-state index contributed by atoms with van der Waals surface area (Å²) in [6.07, 6.45) is 0.250. The van der Waals surface area contributed by atoms with Crippen LogP contribution in [-0.2, 0) is 9.59 Å². The Kier molecular flexibility index (Phi) is 5.97. The summed E-state index contributed by atoms with van der Waals surface area (Å²) in [7, 11) is 0. The highest BCUT2D eigenvalue weighted by molar-refractivity contribution is 6.00. The van der Waals surface area contributed by atoms with Gasteiger partial charge in [-0.25, -0.2) is 0 Å². The van der Waals surface area contributed by atoms with Gasteiger partial charge in [-0.3, -0.25) is 9.59 Å². The Balaban J connectivity index is 0.00000242. The van der Waals surface area contributed by atoms with E-state index in [2.05, 4.69) is 5.32 Å². The van der Waals surface area contributed by atoms with Gasteiger partial charge in [-0.15, -0.1) is 12.4 Å². The maximum Gasteiger partial charge on any atom is 0.227 e. The van der Waals surface area contributed by atoms with Gasteiger partial charge in [0.15, 0.2) is 0 Å². The number of nitrogens with zero attached hydrogens (tertiary/aromatic N) is 1. The Hall–Kier alpha value is -1.59. The summed E-state index contributed by atoms with van der Waals surface area (Å²) >= 11 is 0. The minimum atomic E-state index is -0.447. The number of rotatable bonds is 4. The van der Waals surface area contributed by atoms with Gasteiger partial charge in [0.1, 0.15) is 0 Å². The summed E-state index contributed by atoms with van der Waals surface area (Å²) in [6, 6.07) is 7.76. The first-order valence-electron chi connectivity index (χ1n) is 7.21. The molecule has 1 aromatic rings. The van der Waals surface area contributed by atoms with Crippen LogP contribution in [0, 0.1) is 12.8 Å². The molecule has 0 radical (unpaired) electrons. The monoisotopic (exact) mass is 325 g/mol. The molecule has 0 bridgehead atoms. The molecule has 2 amide bonds. The summed E-state index contributed by atoms with van der Waals surface area (Å²) in [5, 5.41) is 2.91. The molecular formula is C16H24ClN3O2. The zero-order valence-electron chi connectivity index (χ0n) is 13.3. The van der Waals surface area contributed by atoms with E-state index < -0.39 is 5.54 Å². The SMILES string of the molecule is Cc1ccc(N2CC(C(=O)NC(C)(C)CN)CC2=O)cc1.Cl. The summed E-state index contributed by atoms with van der Waals surface area (Å²) in [5.74, 6) is -0.428. The first kappa shape index (κ1) is 18.5. The van der Waals surface area contributed by atoms with Crippen LogP contribution in [0.25, 0.3) is 0 Å². The molecule has 122 valence electrons. The lowest BCUT2D eigenvalue weighted by atomic mass is 10.0. The third-order valence-electron chi connectivity index (χ3n) is 3.81. The number of halogens is 1. The molecule has 0 saturated carbocycles. The maximum atomic E-state index is 12.3. The number of amides is 2. The van der Waals surface area contributed by atoms with Crippen molar-refractivity contribution in [1.29, 1.82) is 0 Å². The molecule has 1 fully saturated rings. The molecule has 3 N–H and O–H groups in total. The molecule has 1 aromatic carbocycles. The molecule has 0 aromatic heterocycles. The molecule has 2 rings (SSSR count). The predicted octanol–water partition coefficient (Wildman–Crippen LogP) is 1.62. The topological polar surface area (TPSA) is 75.4 Å². The Morgan fingerprint density at radius 1 is 1.36 bits per heavy atom. The lowest BCUT2D eigenvalue weighted by molar-refractivity contribution is -0.127. The van der Waals surface area contributed by atoms with Crippen LogP contribution in [0.5, 0.6) is 0 Å². The first-order valence-corrected chi connectivity index (χ1v) is 7.21. The number of carbonyl (C=O) groups excluding carboxylic acids is 2. The first-order chi connectivity index (χ1) is 9.82. The summed E-state index contributed by atoms with van der Waals surface area (Å²) in [4.78, 5) is 26.1. The van der Waals surface area contributed by atoms with Crippen molar-refractivity contribution in [2.24, 2.45) is 11.7 Å². The number of carbonyl (C=O) groups is 2. The maximum absolute atomic E-state index is 12.3. The van der Waals surface area contributed by atoms with E-state index in [0.29, 0.717) is 13.1 Å². The fourth-order valence-corrected chi connectivity index (χ4v) is 2.34. The van der Waals surface area contributed by atoms with Gasteiger partial charge in [-0.05, 0) is 32.9 Å². The van der Waals surface area contributed by atoms with E-state index >= 15 is 0 Å². The fraction of sp³-hybridized carbons (Fsp3) is 0.500. The quantitative estimate of drug-likeness (QED) is 0.883. The van der Waals surface area contributed by atoms with Crippen LogP contribution >= 0.6 is 12.4 Å². The van der Waals surface area contributed by atoms with Crippen LogP contribution in [0.4, 0.5) is 5.69 Å². The van der Waals surface area contributed by atoms with Gasteiger partial charge in [0.25, 0.3) is 0 Å². The van der Waals surface area contributed by atoms with Gasteiger partial charge in [-0.1, -0.05) is 17.7 Å². The van der Waals surface area contributed by atoms with E-state index in [-0.39, 0.29) is 36.6 Å². The molecule has 0 aliphatic carbocycles. The number of aryl methyl sites for hydroxylation is 1. The second-order valence-corrected chi connectivity index (χ2v) is 6.32. The van der Waals surface area contributed by atoms with Crippen molar-refractivity contribution in [3.63, 3.8) is 0 Å². The highest BCUT2D eigenvalue weighted by atomic mass is 35.5. The number of hydrogen-bond donors (Lipinski definition) is 2. The second-order valence-electron chi connectivity index (χ2n) is 6.32. The zero-order chi connectivity index (χ0) is 15.6. The van der Waals surface area contributed by atoms with E-state index in [9.17, 15) is 9.59 Å². The number of anilines is 1. The highest BCUT2D eigenvalue weighted by Gasteiger charge is 2.36. The molecule has 1 aliphatic heterocycles. The van der Waals surface area contributed by atoms with Crippen LogP contribution in [0.2, 0.25) is 0 Å². The zero-order valence-corrected chi connectivity index (χ0v) is 14.1. The number of nitrogens with one attached hydrogen (secondary N) is 1. The fourth-order valence-electron chi connectivity index (χ4n) is 2.34. The third kappa shape index (κ3) is 4.21. The van der Waals surface area contributed by atoms with Crippen LogP contribution < -0.4 is 16.0 Å². The van der Waals surface area contributed by atoms with E-state index in [1.807, 2.05) is 45.0 Å². The standard InChI is InChI=1S/C16H23N3O2.ClH/c1-11-4-6-13(7-5-11)19-9-12(8-14(19)20)15(21)18-16(2,3)10-17;/h4-7,12H,8-10,17H2,1-3H3,(H,18,21);1H. The number of benzene rings is 1. The van der Waals surface area contributed by atoms with Crippen LogP contribution in [0.1, 0.15) is 25.8 Å². The van der Waals surface area contributed by atoms with Crippen molar-refractivity contribution in [3.8, 4) is 0 Å². The predicted molar refractivity (Wildman–Crippen MR) is 90.2 cm³/mol. The molecule has 0 spiro atoms. The summed E-state index contributed by atoms with van der Waals surface area (Å²) in [6.45, 7) is 6.54. The smallest absolute Gasteiger partial charge is 0.227 e. The Morgan fingerprint density at radius 3 is 2.50 bits per heavy atom. The highest BCUT2D eigenvalue weighted by Crippen LogP contribution is 2.25. The summed E-state index contributed by atoms with van der Waals surface area (Å²) in [5.41, 5.74) is 7.16.